The maximum Gasteiger partial charge on any atom is 0.320 e. The SMILES string of the molecule is CCC(C)OC(=O)C(CC(S)CS)C(=O)O. The summed E-state index contributed by atoms with van der Waals surface area (Å²) in [6.07, 6.45) is 0.537. The minimum atomic E-state index is -1.17. The van der Waals surface area contributed by atoms with Crippen LogP contribution < -0.4 is 0 Å². The van der Waals surface area contributed by atoms with Crippen molar-refractivity contribution < 1.29 is 19.4 Å². The molecule has 0 aromatic rings. The summed E-state index contributed by atoms with van der Waals surface area (Å²) in [7, 11) is 0. The lowest BCUT2D eigenvalue weighted by molar-refractivity contribution is -0.162. The van der Waals surface area contributed by atoms with Crippen LogP contribution in [0.5, 0.6) is 0 Å². The number of carboxylic acid groups (broad SMARTS) is 1. The van der Waals surface area contributed by atoms with E-state index in [1.165, 1.54) is 0 Å². The van der Waals surface area contributed by atoms with Gasteiger partial charge in [0.1, 0.15) is 0 Å². The van der Waals surface area contributed by atoms with E-state index in [4.69, 9.17) is 9.84 Å². The van der Waals surface area contributed by atoms with Crippen LogP contribution in [0.2, 0.25) is 0 Å². The molecule has 0 fully saturated rings. The van der Waals surface area contributed by atoms with E-state index in [0.717, 1.165) is 0 Å². The second kappa shape index (κ2) is 7.84. The van der Waals surface area contributed by atoms with Crippen LogP contribution in [0.1, 0.15) is 26.7 Å². The highest BCUT2D eigenvalue weighted by atomic mass is 32.1. The number of hydrogen-bond donors (Lipinski definition) is 3. The van der Waals surface area contributed by atoms with Crippen LogP contribution >= 0.6 is 25.3 Å². The fraction of sp³-hybridized carbons (Fsp3) is 0.800. The lowest BCUT2D eigenvalue weighted by Crippen LogP contribution is -2.31. The molecule has 94 valence electrons. The summed E-state index contributed by atoms with van der Waals surface area (Å²) < 4.78 is 4.99. The predicted octanol–water partition coefficient (Wildman–Crippen LogP) is 1.65. The standard InChI is InChI=1S/C10H18O4S2/c1-3-6(2)14-10(13)8(9(11)12)4-7(16)5-15/h6-8,15-16H,3-5H2,1-2H3,(H,11,12). The van der Waals surface area contributed by atoms with Gasteiger partial charge in [-0.3, -0.25) is 9.59 Å². The Morgan fingerprint density at radius 1 is 1.44 bits per heavy atom. The zero-order valence-corrected chi connectivity index (χ0v) is 11.2. The van der Waals surface area contributed by atoms with Crippen LogP contribution in [0.3, 0.4) is 0 Å². The van der Waals surface area contributed by atoms with E-state index in [-0.39, 0.29) is 17.8 Å². The third-order valence-electron chi connectivity index (χ3n) is 2.19. The number of thiol groups is 2. The van der Waals surface area contributed by atoms with Crippen molar-refractivity contribution in [3.8, 4) is 0 Å². The van der Waals surface area contributed by atoms with Crippen molar-refractivity contribution >= 4 is 37.2 Å². The number of aliphatic carboxylic acids is 1. The smallest absolute Gasteiger partial charge is 0.320 e. The first-order chi connectivity index (χ1) is 7.42. The predicted molar refractivity (Wildman–Crippen MR) is 68.2 cm³/mol. The molecule has 0 rings (SSSR count). The molecule has 0 aliphatic carbocycles. The number of rotatable bonds is 7. The molecule has 0 heterocycles. The zero-order chi connectivity index (χ0) is 12.7. The number of carbonyl (C=O) groups excluding carboxylic acids is 1. The molecule has 0 bridgehead atoms. The van der Waals surface area contributed by atoms with Crippen LogP contribution in [-0.2, 0) is 14.3 Å². The highest BCUT2D eigenvalue weighted by molar-refractivity contribution is 7.84. The molecule has 4 nitrogen and oxygen atoms in total. The van der Waals surface area contributed by atoms with Gasteiger partial charge in [-0.1, -0.05) is 6.92 Å². The van der Waals surface area contributed by atoms with Gasteiger partial charge in [-0.15, -0.1) is 0 Å². The van der Waals surface area contributed by atoms with Crippen molar-refractivity contribution in [2.24, 2.45) is 5.92 Å². The van der Waals surface area contributed by atoms with Gasteiger partial charge >= 0.3 is 11.9 Å². The monoisotopic (exact) mass is 266 g/mol. The average molecular weight is 266 g/mol. The first-order valence-corrected chi connectivity index (χ1v) is 6.29. The van der Waals surface area contributed by atoms with E-state index in [1.807, 2.05) is 6.92 Å². The fourth-order valence-electron chi connectivity index (χ4n) is 1.01. The first kappa shape index (κ1) is 15.6. The molecule has 0 aliphatic rings. The van der Waals surface area contributed by atoms with E-state index in [1.54, 1.807) is 6.92 Å². The quantitative estimate of drug-likeness (QED) is 0.372. The summed E-state index contributed by atoms with van der Waals surface area (Å²) >= 11 is 8.12. The summed E-state index contributed by atoms with van der Waals surface area (Å²) in [5, 5.41) is 8.69. The Bertz CT molecular complexity index is 245. The molecular formula is C10H18O4S2. The molecule has 3 atom stereocenters. The molecular weight excluding hydrogens is 248 g/mol. The molecule has 0 aromatic heterocycles. The molecule has 0 amide bonds. The molecule has 0 aromatic carbocycles. The minimum absolute atomic E-state index is 0.136. The Labute approximate surface area is 107 Å². The van der Waals surface area contributed by atoms with Gasteiger partial charge in [0.15, 0.2) is 5.92 Å². The number of esters is 1. The van der Waals surface area contributed by atoms with E-state index in [2.05, 4.69) is 25.3 Å². The Balaban J connectivity index is 4.41. The summed E-state index contributed by atoms with van der Waals surface area (Å²) in [6, 6.07) is 0. The van der Waals surface area contributed by atoms with E-state index < -0.39 is 17.9 Å². The van der Waals surface area contributed by atoms with Gasteiger partial charge in [0.2, 0.25) is 0 Å². The Hall–Kier alpha value is -0.360. The topological polar surface area (TPSA) is 63.6 Å². The van der Waals surface area contributed by atoms with Gasteiger partial charge in [0.05, 0.1) is 6.10 Å². The zero-order valence-electron chi connectivity index (χ0n) is 9.42. The van der Waals surface area contributed by atoms with Crippen LogP contribution in [-0.4, -0.2) is 34.2 Å². The van der Waals surface area contributed by atoms with Crippen molar-refractivity contribution in [3.63, 3.8) is 0 Å². The molecule has 0 saturated heterocycles. The van der Waals surface area contributed by atoms with Crippen molar-refractivity contribution in [2.75, 3.05) is 5.75 Å². The molecule has 0 radical (unpaired) electrons. The van der Waals surface area contributed by atoms with Crippen LogP contribution in [0, 0.1) is 5.92 Å². The minimum Gasteiger partial charge on any atom is -0.481 e. The lowest BCUT2D eigenvalue weighted by atomic mass is 10.0. The van der Waals surface area contributed by atoms with Gasteiger partial charge in [0.25, 0.3) is 0 Å². The largest absolute Gasteiger partial charge is 0.481 e. The maximum atomic E-state index is 11.5. The summed E-state index contributed by atoms with van der Waals surface area (Å²) in [4.78, 5) is 22.4. The van der Waals surface area contributed by atoms with Crippen LogP contribution in [0.4, 0.5) is 0 Å². The van der Waals surface area contributed by atoms with E-state index in [9.17, 15) is 9.59 Å². The normalized spacial score (nSPS) is 16.2. The maximum absolute atomic E-state index is 11.5. The van der Waals surface area contributed by atoms with Crippen molar-refractivity contribution in [3.05, 3.63) is 0 Å². The van der Waals surface area contributed by atoms with Crippen LogP contribution in [0.25, 0.3) is 0 Å². The third-order valence-corrected chi connectivity index (χ3v) is 3.32. The number of carbonyl (C=O) groups is 2. The van der Waals surface area contributed by atoms with Gasteiger partial charge in [-0.2, -0.15) is 25.3 Å². The number of carboxylic acids is 1. The van der Waals surface area contributed by atoms with Crippen molar-refractivity contribution in [2.45, 2.75) is 38.0 Å². The van der Waals surface area contributed by atoms with Gasteiger partial charge in [-0.25, -0.2) is 0 Å². The third kappa shape index (κ3) is 5.65. The second-order valence-corrected chi connectivity index (χ2v) is 4.71. The van der Waals surface area contributed by atoms with Gasteiger partial charge in [0, 0.05) is 11.0 Å². The van der Waals surface area contributed by atoms with Crippen LogP contribution in [0.15, 0.2) is 0 Å². The second-order valence-electron chi connectivity index (χ2n) is 3.62. The lowest BCUT2D eigenvalue weighted by Gasteiger charge is -2.17. The fourth-order valence-corrected chi connectivity index (χ4v) is 1.37. The Kier molecular flexibility index (Phi) is 7.66. The summed E-state index contributed by atoms with van der Waals surface area (Å²) in [6.45, 7) is 3.59. The van der Waals surface area contributed by atoms with Gasteiger partial charge in [-0.05, 0) is 19.8 Å². The first-order valence-electron chi connectivity index (χ1n) is 5.14. The summed E-state index contributed by atoms with van der Waals surface area (Å²) in [5.41, 5.74) is 0. The Morgan fingerprint density at radius 2 is 2.00 bits per heavy atom. The van der Waals surface area contributed by atoms with Gasteiger partial charge < -0.3 is 9.84 Å². The van der Waals surface area contributed by atoms with Crippen molar-refractivity contribution in [1.82, 2.24) is 0 Å². The highest BCUT2D eigenvalue weighted by Crippen LogP contribution is 2.16. The molecule has 3 unspecified atom stereocenters. The molecule has 16 heavy (non-hydrogen) atoms. The number of ether oxygens (including phenoxy) is 1. The highest BCUT2D eigenvalue weighted by Gasteiger charge is 2.30. The molecule has 1 N–H and O–H groups in total. The molecule has 0 saturated carbocycles. The van der Waals surface area contributed by atoms with E-state index in [0.29, 0.717) is 12.2 Å². The molecule has 0 aliphatic heterocycles. The number of hydrogen-bond acceptors (Lipinski definition) is 5. The average Bonchev–Trinajstić information content (AvgIpc) is 2.24. The van der Waals surface area contributed by atoms with Crippen molar-refractivity contribution in [1.29, 1.82) is 0 Å². The summed E-state index contributed by atoms with van der Waals surface area (Å²) in [5.74, 6) is -2.59. The molecule has 0 spiro atoms. The van der Waals surface area contributed by atoms with E-state index >= 15 is 0 Å². The molecule has 6 heteroatoms. The Morgan fingerprint density at radius 3 is 2.38 bits per heavy atom.